The van der Waals surface area contributed by atoms with E-state index in [2.05, 4.69) is 5.32 Å². The predicted molar refractivity (Wildman–Crippen MR) is 71.5 cm³/mol. The van der Waals surface area contributed by atoms with Crippen molar-refractivity contribution in [3.05, 3.63) is 47.5 Å². The summed E-state index contributed by atoms with van der Waals surface area (Å²) in [5.74, 6) is -0.0305. The molecule has 6 heteroatoms. The first-order chi connectivity index (χ1) is 9.84. The summed E-state index contributed by atoms with van der Waals surface area (Å²) in [6.45, 7) is 0. The Morgan fingerprint density at radius 2 is 2.19 bits per heavy atom. The molecule has 2 atom stereocenters. The first-order valence-electron chi connectivity index (χ1n) is 6.66. The summed E-state index contributed by atoms with van der Waals surface area (Å²) in [6.07, 6.45) is -0.846. The van der Waals surface area contributed by atoms with Crippen LogP contribution in [0.1, 0.15) is 24.0 Å². The Kier molecular flexibility index (Phi) is 4.67. The van der Waals surface area contributed by atoms with E-state index in [1.807, 2.05) is 0 Å². The largest absolute Gasteiger partial charge is 0.416 e. The van der Waals surface area contributed by atoms with Gasteiger partial charge in [0.2, 0.25) is 5.91 Å². The summed E-state index contributed by atoms with van der Waals surface area (Å²) >= 11 is 0. The summed E-state index contributed by atoms with van der Waals surface area (Å²) in [6, 6.07) is 4.80. The van der Waals surface area contributed by atoms with Crippen LogP contribution in [-0.4, -0.2) is 23.2 Å². The van der Waals surface area contributed by atoms with Crippen molar-refractivity contribution >= 4 is 5.91 Å². The Balaban J connectivity index is 1.95. The molecule has 21 heavy (non-hydrogen) atoms. The van der Waals surface area contributed by atoms with Crippen LogP contribution in [0.5, 0.6) is 0 Å². The first kappa shape index (κ1) is 15.6. The topological polar surface area (TPSA) is 49.3 Å². The van der Waals surface area contributed by atoms with Gasteiger partial charge in [-0.2, -0.15) is 13.2 Å². The number of carbonyl (C=O) groups is 1. The number of nitrogens with one attached hydrogen (secondary N) is 1. The van der Waals surface area contributed by atoms with E-state index >= 15 is 0 Å². The van der Waals surface area contributed by atoms with Crippen molar-refractivity contribution in [1.82, 2.24) is 5.32 Å². The smallest absolute Gasteiger partial charge is 0.389 e. The van der Waals surface area contributed by atoms with Crippen LogP contribution in [0.2, 0.25) is 0 Å². The molecule has 0 aromatic heterocycles. The van der Waals surface area contributed by atoms with Crippen molar-refractivity contribution in [2.45, 2.75) is 37.6 Å². The van der Waals surface area contributed by atoms with Gasteiger partial charge in [0.05, 0.1) is 11.7 Å². The quantitative estimate of drug-likeness (QED) is 0.839. The molecule has 0 bridgehead atoms. The highest BCUT2D eigenvalue weighted by atomic mass is 19.4. The molecule has 0 spiro atoms. The molecule has 1 aromatic rings. The Morgan fingerprint density at radius 1 is 1.43 bits per heavy atom. The molecule has 0 saturated carbocycles. The van der Waals surface area contributed by atoms with Gasteiger partial charge in [-0.05, 0) is 18.1 Å². The van der Waals surface area contributed by atoms with Crippen LogP contribution >= 0.6 is 0 Å². The number of hydrogen-bond donors (Lipinski definition) is 2. The molecule has 1 fully saturated rings. The van der Waals surface area contributed by atoms with Gasteiger partial charge in [-0.25, -0.2) is 0 Å². The first-order valence-corrected chi connectivity index (χ1v) is 6.66. The van der Waals surface area contributed by atoms with Crippen molar-refractivity contribution in [2.24, 2.45) is 0 Å². The van der Waals surface area contributed by atoms with E-state index in [0.717, 1.165) is 12.1 Å². The molecule has 0 unspecified atom stereocenters. The number of rotatable bonds is 4. The lowest BCUT2D eigenvalue weighted by Crippen LogP contribution is -2.23. The van der Waals surface area contributed by atoms with Crippen LogP contribution in [-0.2, 0) is 17.4 Å². The molecule has 0 radical (unpaired) electrons. The summed E-state index contributed by atoms with van der Waals surface area (Å²) in [4.78, 5) is 11.0. The van der Waals surface area contributed by atoms with Gasteiger partial charge in [-0.1, -0.05) is 30.4 Å². The van der Waals surface area contributed by atoms with Crippen LogP contribution in [0, 0.1) is 0 Å². The molecule has 1 aliphatic heterocycles. The Bertz CT molecular complexity index is 540. The Morgan fingerprint density at radius 3 is 2.81 bits per heavy atom. The van der Waals surface area contributed by atoms with Gasteiger partial charge in [0.1, 0.15) is 0 Å². The van der Waals surface area contributed by atoms with Gasteiger partial charge < -0.3 is 10.4 Å². The van der Waals surface area contributed by atoms with Crippen LogP contribution < -0.4 is 5.32 Å². The monoisotopic (exact) mass is 299 g/mol. The fraction of sp³-hybridized carbons (Fsp3) is 0.400. The molecular weight excluding hydrogens is 283 g/mol. The lowest BCUT2D eigenvalue weighted by molar-refractivity contribution is -0.137. The molecule has 1 saturated heterocycles. The van der Waals surface area contributed by atoms with E-state index in [-0.39, 0.29) is 18.4 Å². The minimum Gasteiger partial charge on any atom is -0.389 e. The second-order valence-electron chi connectivity index (χ2n) is 5.07. The minimum atomic E-state index is -4.38. The normalized spacial score (nSPS) is 20.8. The number of hydrogen-bond acceptors (Lipinski definition) is 2. The van der Waals surface area contributed by atoms with Crippen molar-refractivity contribution in [2.75, 3.05) is 0 Å². The highest BCUT2D eigenvalue weighted by molar-refractivity contribution is 5.78. The maximum atomic E-state index is 12.6. The van der Waals surface area contributed by atoms with E-state index in [0.29, 0.717) is 18.4 Å². The molecule has 0 aliphatic carbocycles. The van der Waals surface area contributed by atoms with Gasteiger partial charge >= 0.3 is 6.18 Å². The number of benzene rings is 1. The third kappa shape index (κ3) is 4.60. The summed E-state index contributed by atoms with van der Waals surface area (Å²) < 4.78 is 37.7. The fourth-order valence-electron chi connectivity index (χ4n) is 2.23. The number of aliphatic hydroxyl groups is 1. The molecule has 1 aliphatic rings. The summed E-state index contributed by atoms with van der Waals surface area (Å²) in [7, 11) is 0. The van der Waals surface area contributed by atoms with Crippen molar-refractivity contribution < 1.29 is 23.1 Å². The number of aliphatic hydroxyl groups excluding tert-OH is 1. The van der Waals surface area contributed by atoms with E-state index < -0.39 is 17.8 Å². The molecular formula is C15H16F3NO2. The van der Waals surface area contributed by atoms with Gasteiger partial charge in [0.15, 0.2) is 0 Å². The molecule has 2 rings (SSSR count). The van der Waals surface area contributed by atoms with E-state index in [4.69, 9.17) is 0 Å². The molecule has 3 nitrogen and oxygen atoms in total. The van der Waals surface area contributed by atoms with Crippen LogP contribution in [0.15, 0.2) is 36.4 Å². The van der Waals surface area contributed by atoms with Gasteiger partial charge in [0.25, 0.3) is 0 Å². The van der Waals surface area contributed by atoms with Crippen molar-refractivity contribution in [3.8, 4) is 0 Å². The molecule has 2 N–H and O–H groups in total. The SMILES string of the molecule is O=C1CC[C@H](C=C[C@H](O)Cc2cccc(C(F)(F)F)c2)N1. The fourth-order valence-corrected chi connectivity index (χ4v) is 2.23. The molecule has 1 aromatic carbocycles. The maximum absolute atomic E-state index is 12.6. The maximum Gasteiger partial charge on any atom is 0.416 e. The number of halogens is 3. The zero-order valence-electron chi connectivity index (χ0n) is 11.2. The zero-order valence-corrected chi connectivity index (χ0v) is 11.2. The highest BCUT2D eigenvalue weighted by Crippen LogP contribution is 2.29. The second-order valence-corrected chi connectivity index (χ2v) is 5.07. The number of alkyl halides is 3. The lowest BCUT2D eigenvalue weighted by Gasteiger charge is -2.11. The molecule has 1 amide bonds. The minimum absolute atomic E-state index is 0.0305. The van der Waals surface area contributed by atoms with E-state index in [1.54, 1.807) is 12.1 Å². The average Bonchev–Trinajstić information content (AvgIpc) is 2.82. The molecule has 114 valence electrons. The Hall–Kier alpha value is -1.82. The molecule has 1 heterocycles. The van der Waals surface area contributed by atoms with E-state index in [9.17, 15) is 23.1 Å². The van der Waals surface area contributed by atoms with Gasteiger partial charge in [0, 0.05) is 18.9 Å². The Labute approximate surface area is 120 Å². The lowest BCUT2D eigenvalue weighted by atomic mass is 10.0. The van der Waals surface area contributed by atoms with Gasteiger partial charge in [-0.3, -0.25) is 4.79 Å². The van der Waals surface area contributed by atoms with Crippen molar-refractivity contribution in [3.63, 3.8) is 0 Å². The van der Waals surface area contributed by atoms with Crippen LogP contribution in [0.4, 0.5) is 13.2 Å². The van der Waals surface area contributed by atoms with E-state index in [1.165, 1.54) is 12.1 Å². The summed E-state index contributed by atoms with van der Waals surface area (Å²) in [5, 5.41) is 12.6. The van der Waals surface area contributed by atoms with Gasteiger partial charge in [-0.15, -0.1) is 0 Å². The predicted octanol–water partition coefficient (Wildman–Crippen LogP) is 2.44. The standard InChI is InChI=1S/C15H16F3NO2/c16-15(17,18)11-3-1-2-10(8-11)9-13(20)6-4-12-5-7-14(21)19-12/h1-4,6,8,12-13,20H,5,7,9H2,(H,19,21)/t12-,13-/m0/s1. The zero-order chi connectivity index (χ0) is 15.5. The third-order valence-electron chi connectivity index (χ3n) is 3.29. The van der Waals surface area contributed by atoms with Crippen molar-refractivity contribution in [1.29, 1.82) is 0 Å². The number of amides is 1. The highest BCUT2D eigenvalue weighted by Gasteiger charge is 2.30. The number of carbonyl (C=O) groups excluding carboxylic acids is 1. The average molecular weight is 299 g/mol. The van der Waals surface area contributed by atoms with Crippen LogP contribution in [0.3, 0.4) is 0 Å². The third-order valence-corrected chi connectivity index (χ3v) is 3.29. The summed E-state index contributed by atoms with van der Waals surface area (Å²) in [5.41, 5.74) is -0.309. The second kappa shape index (κ2) is 6.30. The van der Waals surface area contributed by atoms with Crippen LogP contribution in [0.25, 0.3) is 0 Å².